The van der Waals surface area contributed by atoms with Crippen molar-refractivity contribution in [3.63, 3.8) is 0 Å². The van der Waals surface area contributed by atoms with Crippen LogP contribution >= 0.6 is 11.3 Å². The van der Waals surface area contributed by atoms with E-state index < -0.39 is 0 Å². The lowest BCUT2D eigenvalue weighted by Gasteiger charge is -2.16. The highest BCUT2D eigenvalue weighted by Crippen LogP contribution is 2.25. The van der Waals surface area contributed by atoms with Crippen LogP contribution in [-0.4, -0.2) is 38.8 Å². The largest absolute Gasteiger partial charge is 0.359 e. The first kappa shape index (κ1) is 22.6. The standard InChI is InChI=1S/C24H26N6O2S/c1-25-22(31)8-4-2-3-7-19(30-24(32)21-14-26-15-33-21)23-28-13-20(29-23)17-9-10-18-16(12-17)6-5-11-27-18/h5-6,9-15,19H,2-4,7-8H2,1H3,(H,25,31)(H,28,29)(H,30,32)/t19-/m0/s1. The average Bonchev–Trinajstić information content (AvgIpc) is 3.55. The van der Waals surface area contributed by atoms with Gasteiger partial charge in [0.1, 0.15) is 10.7 Å². The Hall–Kier alpha value is -3.59. The van der Waals surface area contributed by atoms with Crippen LogP contribution in [0.15, 0.2) is 54.4 Å². The summed E-state index contributed by atoms with van der Waals surface area (Å²) < 4.78 is 0. The van der Waals surface area contributed by atoms with Gasteiger partial charge < -0.3 is 15.6 Å². The van der Waals surface area contributed by atoms with Gasteiger partial charge in [-0.2, -0.15) is 0 Å². The number of nitrogens with one attached hydrogen (secondary N) is 3. The Labute approximate surface area is 195 Å². The Morgan fingerprint density at radius 2 is 2.03 bits per heavy atom. The minimum absolute atomic E-state index is 0.0475. The van der Waals surface area contributed by atoms with Crippen molar-refractivity contribution < 1.29 is 9.59 Å². The number of carbonyl (C=O) groups excluding carboxylic acids is 2. The van der Waals surface area contributed by atoms with Crippen LogP contribution in [0.5, 0.6) is 0 Å². The van der Waals surface area contributed by atoms with Gasteiger partial charge in [0.15, 0.2) is 0 Å². The smallest absolute Gasteiger partial charge is 0.263 e. The number of hydrogen-bond donors (Lipinski definition) is 3. The van der Waals surface area contributed by atoms with Gasteiger partial charge in [-0.15, -0.1) is 11.3 Å². The van der Waals surface area contributed by atoms with Crippen LogP contribution in [-0.2, 0) is 4.79 Å². The molecule has 0 bridgehead atoms. The van der Waals surface area contributed by atoms with Crippen molar-refractivity contribution in [2.24, 2.45) is 0 Å². The molecule has 0 spiro atoms. The molecule has 1 atom stereocenters. The minimum Gasteiger partial charge on any atom is -0.359 e. The zero-order valence-electron chi connectivity index (χ0n) is 18.4. The van der Waals surface area contributed by atoms with E-state index in [9.17, 15) is 9.59 Å². The van der Waals surface area contributed by atoms with Gasteiger partial charge in [-0.05, 0) is 31.0 Å². The van der Waals surface area contributed by atoms with Crippen LogP contribution in [0.3, 0.4) is 0 Å². The minimum atomic E-state index is -0.268. The van der Waals surface area contributed by atoms with E-state index in [4.69, 9.17) is 0 Å². The van der Waals surface area contributed by atoms with E-state index in [-0.39, 0.29) is 17.9 Å². The van der Waals surface area contributed by atoms with Crippen molar-refractivity contribution in [3.8, 4) is 11.3 Å². The number of fused-ring (bicyclic) bond motifs is 1. The van der Waals surface area contributed by atoms with Gasteiger partial charge in [0.05, 0.1) is 35.2 Å². The summed E-state index contributed by atoms with van der Waals surface area (Å²) in [5, 5.41) is 6.78. The van der Waals surface area contributed by atoms with Crippen molar-refractivity contribution in [2.45, 2.75) is 38.1 Å². The number of amides is 2. The molecule has 0 fully saturated rings. The van der Waals surface area contributed by atoms with E-state index in [1.54, 1.807) is 31.1 Å². The van der Waals surface area contributed by atoms with Crippen LogP contribution in [0, 0.1) is 0 Å². The van der Waals surface area contributed by atoms with Gasteiger partial charge in [-0.1, -0.05) is 25.0 Å². The fraction of sp³-hybridized carbons (Fsp3) is 0.292. The summed E-state index contributed by atoms with van der Waals surface area (Å²) in [5.41, 5.74) is 4.47. The quantitative estimate of drug-likeness (QED) is 0.305. The molecule has 0 saturated heterocycles. The summed E-state index contributed by atoms with van der Waals surface area (Å²) in [5.74, 6) is 0.592. The topological polar surface area (TPSA) is 113 Å². The van der Waals surface area contributed by atoms with Crippen molar-refractivity contribution in [1.29, 1.82) is 0 Å². The molecule has 0 aliphatic rings. The summed E-state index contributed by atoms with van der Waals surface area (Å²) in [6.45, 7) is 0. The second-order valence-electron chi connectivity index (χ2n) is 7.76. The molecule has 0 saturated carbocycles. The Morgan fingerprint density at radius 1 is 1.12 bits per heavy atom. The molecule has 170 valence electrons. The Morgan fingerprint density at radius 3 is 2.85 bits per heavy atom. The lowest BCUT2D eigenvalue weighted by atomic mass is 10.1. The number of rotatable bonds is 10. The van der Waals surface area contributed by atoms with E-state index in [1.165, 1.54) is 11.3 Å². The Balaban J connectivity index is 1.48. The normalized spacial score (nSPS) is 11.9. The maximum Gasteiger partial charge on any atom is 0.263 e. The van der Waals surface area contributed by atoms with Crippen LogP contribution in [0.1, 0.15) is 53.6 Å². The third-order valence-electron chi connectivity index (χ3n) is 5.48. The van der Waals surface area contributed by atoms with E-state index >= 15 is 0 Å². The number of aromatic amines is 1. The first-order chi connectivity index (χ1) is 16.1. The molecule has 3 aromatic heterocycles. The fourth-order valence-corrected chi connectivity index (χ4v) is 4.20. The molecule has 33 heavy (non-hydrogen) atoms. The van der Waals surface area contributed by atoms with E-state index in [0.29, 0.717) is 23.5 Å². The fourth-order valence-electron chi connectivity index (χ4n) is 3.67. The van der Waals surface area contributed by atoms with Crippen LogP contribution in [0.25, 0.3) is 22.2 Å². The van der Waals surface area contributed by atoms with Crippen LogP contribution < -0.4 is 10.6 Å². The predicted molar refractivity (Wildman–Crippen MR) is 129 cm³/mol. The number of thiazole rings is 1. The van der Waals surface area contributed by atoms with Gasteiger partial charge in [0.2, 0.25) is 5.91 Å². The lowest BCUT2D eigenvalue weighted by molar-refractivity contribution is -0.120. The first-order valence-electron chi connectivity index (χ1n) is 10.9. The van der Waals surface area contributed by atoms with Crippen LogP contribution in [0.2, 0.25) is 0 Å². The molecule has 4 aromatic rings. The number of hydrogen-bond acceptors (Lipinski definition) is 6. The van der Waals surface area contributed by atoms with Gasteiger partial charge >= 0.3 is 0 Å². The Bertz CT molecular complexity index is 1220. The number of imidazole rings is 1. The number of nitrogens with zero attached hydrogens (tertiary/aromatic N) is 3. The summed E-state index contributed by atoms with van der Waals surface area (Å²) in [4.78, 5) is 41.0. The number of pyridine rings is 1. The second-order valence-corrected chi connectivity index (χ2v) is 8.64. The monoisotopic (exact) mass is 462 g/mol. The maximum absolute atomic E-state index is 12.7. The molecule has 2 amide bonds. The highest BCUT2D eigenvalue weighted by molar-refractivity contribution is 7.11. The van der Waals surface area contributed by atoms with Crippen molar-refractivity contribution in [3.05, 3.63) is 65.1 Å². The van der Waals surface area contributed by atoms with Gasteiger partial charge in [-0.25, -0.2) is 4.98 Å². The predicted octanol–water partition coefficient (Wildman–Crippen LogP) is 4.25. The number of unbranched alkanes of at least 4 members (excludes halogenated alkanes) is 2. The number of benzene rings is 1. The molecule has 9 heteroatoms. The zero-order chi connectivity index (χ0) is 23.0. The van der Waals surface area contributed by atoms with Crippen molar-refractivity contribution in [1.82, 2.24) is 30.6 Å². The molecular weight excluding hydrogens is 436 g/mol. The molecule has 0 unspecified atom stereocenters. The summed E-state index contributed by atoms with van der Waals surface area (Å²) in [6.07, 6.45) is 8.93. The van der Waals surface area contributed by atoms with E-state index in [2.05, 4.69) is 36.6 Å². The molecule has 1 aromatic carbocycles. The average molecular weight is 463 g/mol. The number of carbonyl (C=O) groups is 2. The van der Waals surface area contributed by atoms with Crippen LogP contribution in [0.4, 0.5) is 0 Å². The molecule has 0 radical (unpaired) electrons. The molecule has 8 nitrogen and oxygen atoms in total. The molecule has 3 heterocycles. The molecule has 4 rings (SSSR count). The molecule has 3 N–H and O–H groups in total. The molecular formula is C24H26N6O2S. The third kappa shape index (κ3) is 5.81. The third-order valence-corrected chi connectivity index (χ3v) is 6.25. The molecule has 0 aliphatic carbocycles. The lowest BCUT2D eigenvalue weighted by Crippen LogP contribution is -2.28. The van der Waals surface area contributed by atoms with Gasteiger partial charge in [-0.3, -0.25) is 19.6 Å². The zero-order valence-corrected chi connectivity index (χ0v) is 19.2. The van der Waals surface area contributed by atoms with E-state index in [0.717, 1.165) is 41.4 Å². The number of H-pyrrole nitrogens is 1. The number of aromatic nitrogens is 4. The first-order valence-corrected chi connectivity index (χ1v) is 11.8. The second kappa shape index (κ2) is 10.8. The highest BCUT2D eigenvalue weighted by atomic mass is 32.1. The maximum atomic E-state index is 12.7. The van der Waals surface area contributed by atoms with Crippen molar-refractivity contribution in [2.75, 3.05) is 7.05 Å². The summed E-state index contributed by atoms with van der Waals surface area (Å²) in [7, 11) is 1.65. The summed E-state index contributed by atoms with van der Waals surface area (Å²) in [6, 6.07) is 9.75. The van der Waals surface area contributed by atoms with E-state index in [1.807, 2.05) is 24.3 Å². The summed E-state index contributed by atoms with van der Waals surface area (Å²) >= 11 is 1.30. The molecule has 0 aliphatic heterocycles. The Kier molecular flexibility index (Phi) is 7.41. The van der Waals surface area contributed by atoms with Crippen molar-refractivity contribution >= 4 is 34.1 Å². The SMILES string of the molecule is CNC(=O)CCCCC[C@H](NC(=O)c1cncs1)c1ncc(-c2ccc3ncccc3c2)[nH]1. The van der Waals surface area contributed by atoms with Gasteiger partial charge in [0, 0.05) is 30.6 Å². The van der Waals surface area contributed by atoms with Gasteiger partial charge in [0.25, 0.3) is 5.91 Å². The highest BCUT2D eigenvalue weighted by Gasteiger charge is 2.20.